The van der Waals surface area contributed by atoms with Gasteiger partial charge in [0, 0.05) is 55.3 Å². The number of halogens is 3. The smallest absolute Gasteiger partial charge is 0.270 e. The minimum Gasteiger partial charge on any atom is -0.355 e. The second kappa shape index (κ2) is 22.6. The van der Waals surface area contributed by atoms with E-state index in [4.69, 9.17) is 11.6 Å². The topological polar surface area (TPSA) is 132 Å². The number of nitro groups is 1. The molecule has 2 aliphatic heterocycles. The Labute approximate surface area is 368 Å². The van der Waals surface area contributed by atoms with Crippen LogP contribution >= 0.6 is 56.8 Å². The zero-order chi connectivity index (χ0) is 40.7. The van der Waals surface area contributed by atoms with Crippen LogP contribution in [-0.4, -0.2) is 78.9 Å². The fourth-order valence-corrected chi connectivity index (χ4v) is 8.44. The van der Waals surface area contributed by atoms with Crippen LogP contribution < -0.4 is 21.3 Å². The summed E-state index contributed by atoms with van der Waals surface area (Å²) in [5.74, 6) is -0.400. The summed E-state index contributed by atoms with van der Waals surface area (Å²) in [6, 6.07) is 21.9. The molecule has 14 heteroatoms. The van der Waals surface area contributed by atoms with Crippen LogP contribution in [0.3, 0.4) is 0 Å². The Kier molecular flexibility index (Phi) is 17.7. The SMILES string of the molecule is Cc1cc(I)ccc1Nc1ccc(Cl)cc1C(=O)NCCCN1CCCCC1.Cc1cc(I)ccc1Nc1ccc([N+](=O)[O-])cc1C(=O)NCCN1CCCCC1. The van der Waals surface area contributed by atoms with E-state index in [1.807, 2.05) is 43.3 Å². The van der Waals surface area contributed by atoms with Crippen molar-refractivity contribution in [3.05, 3.63) is 117 Å². The third kappa shape index (κ3) is 14.1. The first kappa shape index (κ1) is 44.6. The van der Waals surface area contributed by atoms with Gasteiger partial charge in [0.1, 0.15) is 0 Å². The van der Waals surface area contributed by atoms with Gasteiger partial charge >= 0.3 is 0 Å². The number of nitrogens with zero attached hydrogens (tertiary/aromatic N) is 3. The largest absolute Gasteiger partial charge is 0.355 e. The molecule has 6 rings (SSSR count). The van der Waals surface area contributed by atoms with Gasteiger partial charge in [-0.2, -0.15) is 0 Å². The molecule has 2 amide bonds. The fourth-order valence-electron chi connectivity index (χ4n) is 6.97. The number of carbonyl (C=O) groups excluding carboxylic acids is 2. The highest BCUT2D eigenvalue weighted by Gasteiger charge is 2.19. The molecular formula is C43H52ClI2N7O4. The van der Waals surface area contributed by atoms with E-state index in [0.717, 1.165) is 64.4 Å². The van der Waals surface area contributed by atoms with Crippen LogP contribution in [0.2, 0.25) is 5.02 Å². The molecule has 0 atom stereocenters. The van der Waals surface area contributed by atoms with Gasteiger partial charge in [-0.15, -0.1) is 0 Å². The Hall–Kier alpha value is -3.51. The van der Waals surface area contributed by atoms with Crippen molar-refractivity contribution < 1.29 is 14.5 Å². The quantitative estimate of drug-likeness (QED) is 0.0425. The molecule has 4 aromatic rings. The fraction of sp³-hybridized carbons (Fsp3) is 0.395. The molecule has 2 saturated heterocycles. The van der Waals surface area contributed by atoms with E-state index < -0.39 is 4.92 Å². The van der Waals surface area contributed by atoms with E-state index in [1.165, 1.54) is 67.3 Å². The number of nitro benzene ring substituents is 1. The first-order valence-corrected chi connectivity index (χ1v) is 22.2. The van der Waals surface area contributed by atoms with Crippen molar-refractivity contribution in [2.45, 2.75) is 58.8 Å². The van der Waals surface area contributed by atoms with Crippen molar-refractivity contribution in [2.24, 2.45) is 0 Å². The molecule has 0 aromatic heterocycles. The van der Waals surface area contributed by atoms with Gasteiger partial charge in [0.2, 0.25) is 0 Å². The van der Waals surface area contributed by atoms with Crippen LogP contribution in [0.5, 0.6) is 0 Å². The second-order valence-corrected chi connectivity index (χ2v) is 17.4. The minimum absolute atomic E-state index is 0.0909. The molecule has 2 aliphatic rings. The molecule has 57 heavy (non-hydrogen) atoms. The Balaban J connectivity index is 0.000000218. The number of anilines is 4. The van der Waals surface area contributed by atoms with Gasteiger partial charge in [-0.25, -0.2) is 0 Å². The lowest BCUT2D eigenvalue weighted by Crippen LogP contribution is -2.37. The van der Waals surface area contributed by atoms with E-state index in [1.54, 1.807) is 18.2 Å². The van der Waals surface area contributed by atoms with Gasteiger partial charge in [-0.1, -0.05) is 24.4 Å². The Bertz CT molecular complexity index is 2000. The third-order valence-electron chi connectivity index (χ3n) is 10.1. The van der Waals surface area contributed by atoms with Crippen molar-refractivity contribution in [1.29, 1.82) is 0 Å². The highest BCUT2D eigenvalue weighted by molar-refractivity contribution is 14.1. The highest BCUT2D eigenvalue weighted by Crippen LogP contribution is 2.29. The zero-order valence-electron chi connectivity index (χ0n) is 32.6. The summed E-state index contributed by atoms with van der Waals surface area (Å²) in [6.45, 7) is 11.6. The number of aryl methyl sites for hydroxylation is 2. The van der Waals surface area contributed by atoms with Crippen LogP contribution in [-0.2, 0) is 0 Å². The highest BCUT2D eigenvalue weighted by atomic mass is 127. The molecule has 0 radical (unpaired) electrons. The van der Waals surface area contributed by atoms with E-state index >= 15 is 0 Å². The standard InChI is InChI=1S/C22H27ClIN3O.C21H25IN4O3/c1-16-14-18(24)7-9-20(16)26-21-8-6-17(23)15-19(21)22(28)25-10-5-13-27-11-3-2-4-12-27;1-15-13-16(22)5-7-19(15)24-20-8-6-17(26(28)29)14-18(20)21(27)23-9-12-25-10-3-2-4-11-25/h6-9,14-15,26H,2-5,10-13H2,1H3,(H,25,28);5-8,13-14,24H,2-4,9-12H2,1H3,(H,23,27). The van der Waals surface area contributed by atoms with Crippen LogP contribution in [0.25, 0.3) is 0 Å². The van der Waals surface area contributed by atoms with Crippen LogP contribution in [0.4, 0.5) is 28.4 Å². The van der Waals surface area contributed by atoms with E-state index in [0.29, 0.717) is 29.4 Å². The number of nitrogens with one attached hydrogen (secondary N) is 4. The van der Waals surface area contributed by atoms with Crippen molar-refractivity contribution in [1.82, 2.24) is 20.4 Å². The molecule has 4 aromatic carbocycles. The van der Waals surface area contributed by atoms with E-state index in [2.05, 4.69) is 89.2 Å². The first-order valence-electron chi connectivity index (χ1n) is 19.6. The average molecular weight is 1020 g/mol. The summed E-state index contributed by atoms with van der Waals surface area (Å²) in [6.07, 6.45) is 8.56. The summed E-state index contributed by atoms with van der Waals surface area (Å²) in [4.78, 5) is 41.1. The molecule has 0 aliphatic carbocycles. The molecule has 0 bridgehead atoms. The Morgan fingerprint density at radius 1 is 0.649 bits per heavy atom. The molecule has 2 heterocycles. The van der Waals surface area contributed by atoms with E-state index in [-0.39, 0.29) is 23.1 Å². The molecule has 0 saturated carbocycles. The second-order valence-electron chi connectivity index (χ2n) is 14.5. The maximum atomic E-state index is 12.8. The normalized spacial score (nSPS) is 14.5. The number of amides is 2. The number of hydrogen-bond donors (Lipinski definition) is 4. The monoisotopic (exact) mass is 1020 g/mol. The molecule has 0 unspecified atom stereocenters. The lowest BCUT2D eigenvalue weighted by Gasteiger charge is -2.26. The van der Waals surface area contributed by atoms with Crippen molar-refractivity contribution in [3.8, 4) is 0 Å². The van der Waals surface area contributed by atoms with Crippen molar-refractivity contribution in [3.63, 3.8) is 0 Å². The summed E-state index contributed by atoms with van der Waals surface area (Å²) in [5, 5.41) is 24.4. The van der Waals surface area contributed by atoms with Crippen molar-refractivity contribution in [2.75, 3.05) is 63.0 Å². The number of carbonyl (C=O) groups is 2. The molecule has 0 spiro atoms. The van der Waals surface area contributed by atoms with Gasteiger partial charge < -0.3 is 31.1 Å². The average Bonchev–Trinajstić information content (AvgIpc) is 3.20. The summed E-state index contributed by atoms with van der Waals surface area (Å²) in [5.41, 5.74) is 6.08. The van der Waals surface area contributed by atoms with E-state index in [9.17, 15) is 19.7 Å². The van der Waals surface area contributed by atoms with Gasteiger partial charge in [0.25, 0.3) is 17.5 Å². The lowest BCUT2D eigenvalue weighted by atomic mass is 10.1. The predicted molar refractivity (Wildman–Crippen MR) is 249 cm³/mol. The van der Waals surface area contributed by atoms with Crippen molar-refractivity contribution >= 4 is 97.0 Å². The van der Waals surface area contributed by atoms with Crippen LogP contribution in [0, 0.1) is 31.1 Å². The van der Waals surface area contributed by atoms with Crippen LogP contribution in [0.15, 0.2) is 72.8 Å². The molecule has 11 nitrogen and oxygen atoms in total. The number of benzene rings is 4. The maximum absolute atomic E-state index is 12.8. The summed E-state index contributed by atoms with van der Waals surface area (Å²) >= 11 is 10.7. The first-order chi connectivity index (χ1) is 27.5. The van der Waals surface area contributed by atoms with Gasteiger partial charge in [0.15, 0.2) is 0 Å². The third-order valence-corrected chi connectivity index (χ3v) is 11.7. The zero-order valence-corrected chi connectivity index (χ0v) is 37.7. The number of likely N-dealkylation sites (tertiary alicyclic amines) is 2. The molecular weight excluding hydrogens is 968 g/mol. The van der Waals surface area contributed by atoms with Gasteiger partial charge in [-0.3, -0.25) is 19.7 Å². The molecule has 304 valence electrons. The lowest BCUT2D eigenvalue weighted by molar-refractivity contribution is -0.384. The van der Waals surface area contributed by atoms with Crippen LogP contribution in [0.1, 0.15) is 76.8 Å². The number of non-ortho nitro benzene ring substituents is 1. The predicted octanol–water partition coefficient (Wildman–Crippen LogP) is 10.1. The summed E-state index contributed by atoms with van der Waals surface area (Å²) in [7, 11) is 0. The molecule has 4 N–H and O–H groups in total. The Morgan fingerprint density at radius 3 is 1.65 bits per heavy atom. The minimum atomic E-state index is -0.482. The number of hydrogen-bond acceptors (Lipinski definition) is 8. The van der Waals surface area contributed by atoms with Gasteiger partial charge in [0.05, 0.1) is 27.4 Å². The maximum Gasteiger partial charge on any atom is 0.270 e. The number of piperidine rings is 2. The van der Waals surface area contributed by atoms with Gasteiger partial charge in [-0.05, 0) is 196 Å². The Morgan fingerprint density at radius 2 is 1.12 bits per heavy atom. The number of rotatable bonds is 14. The molecule has 2 fully saturated rings. The summed E-state index contributed by atoms with van der Waals surface area (Å²) < 4.78 is 2.30.